The second-order valence-electron chi connectivity index (χ2n) is 6.45. The zero-order chi connectivity index (χ0) is 20.8. The van der Waals surface area contributed by atoms with E-state index in [4.69, 9.17) is 4.74 Å². The van der Waals surface area contributed by atoms with Crippen molar-refractivity contribution in [3.8, 4) is 0 Å². The summed E-state index contributed by atoms with van der Waals surface area (Å²) in [5.41, 5.74) is 1.80. The number of nitro groups is 1. The van der Waals surface area contributed by atoms with E-state index >= 15 is 0 Å². The number of hydrogen-bond acceptors (Lipinski definition) is 6. The maximum absolute atomic E-state index is 12.4. The van der Waals surface area contributed by atoms with Gasteiger partial charge < -0.3 is 10.1 Å². The lowest BCUT2D eigenvalue weighted by atomic mass is 10.1. The molecule has 3 rings (SSSR count). The Kier molecular flexibility index (Phi) is 6.13. The van der Waals surface area contributed by atoms with Crippen LogP contribution in [-0.2, 0) is 27.2 Å². The minimum Gasteiger partial charge on any atom is -0.467 e. The number of pyridine rings is 1. The topological polar surface area (TPSA) is 111 Å². The van der Waals surface area contributed by atoms with Gasteiger partial charge in [0, 0.05) is 29.6 Å². The minimum atomic E-state index is -0.917. The SMILES string of the molecule is COC(=O)[C@@H](Cc1ccc2ccccc2n1)NC(=O)Cc1cccc([N+](=O)[O-])c1. The molecule has 0 aliphatic rings. The lowest BCUT2D eigenvalue weighted by Crippen LogP contribution is -2.43. The zero-order valence-electron chi connectivity index (χ0n) is 15.7. The van der Waals surface area contributed by atoms with Crippen molar-refractivity contribution >= 4 is 28.5 Å². The molecule has 3 aromatic rings. The summed E-state index contributed by atoms with van der Waals surface area (Å²) < 4.78 is 4.80. The molecule has 1 atom stereocenters. The van der Waals surface area contributed by atoms with E-state index in [2.05, 4.69) is 10.3 Å². The fraction of sp³-hybridized carbons (Fsp3) is 0.190. The van der Waals surface area contributed by atoms with E-state index in [1.807, 2.05) is 30.3 Å². The van der Waals surface area contributed by atoms with Gasteiger partial charge in [0.05, 0.1) is 24.0 Å². The minimum absolute atomic E-state index is 0.0969. The molecule has 8 nitrogen and oxygen atoms in total. The van der Waals surface area contributed by atoms with Gasteiger partial charge in [0.25, 0.3) is 5.69 Å². The molecule has 0 fully saturated rings. The number of fused-ring (bicyclic) bond motifs is 1. The van der Waals surface area contributed by atoms with E-state index in [0.29, 0.717) is 11.3 Å². The van der Waals surface area contributed by atoms with Crippen LogP contribution in [0.4, 0.5) is 5.69 Å². The molecule has 148 valence electrons. The molecule has 1 aromatic heterocycles. The summed E-state index contributed by atoms with van der Waals surface area (Å²) >= 11 is 0. The van der Waals surface area contributed by atoms with Crippen LogP contribution in [0.3, 0.4) is 0 Å². The first-order chi connectivity index (χ1) is 14.0. The van der Waals surface area contributed by atoms with Crippen LogP contribution < -0.4 is 5.32 Å². The largest absolute Gasteiger partial charge is 0.467 e. The highest BCUT2D eigenvalue weighted by atomic mass is 16.6. The molecule has 8 heteroatoms. The maximum atomic E-state index is 12.4. The van der Waals surface area contributed by atoms with Crippen LogP contribution in [0, 0.1) is 10.1 Å². The normalized spacial score (nSPS) is 11.6. The van der Waals surface area contributed by atoms with Crippen molar-refractivity contribution < 1.29 is 19.2 Å². The molecule has 2 aromatic carbocycles. The Morgan fingerprint density at radius 1 is 1.14 bits per heavy atom. The number of aromatic nitrogens is 1. The Hall–Kier alpha value is -3.81. The first-order valence-electron chi connectivity index (χ1n) is 8.91. The fourth-order valence-electron chi connectivity index (χ4n) is 2.98. The van der Waals surface area contributed by atoms with Gasteiger partial charge in [-0.15, -0.1) is 0 Å². The quantitative estimate of drug-likeness (QED) is 0.375. The maximum Gasteiger partial charge on any atom is 0.328 e. The van der Waals surface area contributed by atoms with Crippen LogP contribution >= 0.6 is 0 Å². The number of rotatable bonds is 7. The fourth-order valence-corrected chi connectivity index (χ4v) is 2.98. The summed E-state index contributed by atoms with van der Waals surface area (Å²) in [7, 11) is 1.25. The van der Waals surface area contributed by atoms with Gasteiger partial charge in [-0.25, -0.2) is 4.79 Å². The van der Waals surface area contributed by atoms with Crippen LogP contribution in [-0.4, -0.2) is 34.9 Å². The molecular formula is C21H19N3O5. The average molecular weight is 393 g/mol. The molecule has 1 heterocycles. The highest BCUT2D eigenvalue weighted by Crippen LogP contribution is 2.15. The highest BCUT2D eigenvalue weighted by Gasteiger charge is 2.23. The van der Waals surface area contributed by atoms with E-state index in [1.54, 1.807) is 12.1 Å². The van der Waals surface area contributed by atoms with E-state index in [-0.39, 0.29) is 18.5 Å². The number of esters is 1. The Bertz CT molecular complexity index is 1070. The van der Waals surface area contributed by atoms with Crippen LogP contribution in [0.5, 0.6) is 0 Å². The van der Waals surface area contributed by atoms with Crippen molar-refractivity contribution in [3.63, 3.8) is 0 Å². The van der Waals surface area contributed by atoms with Crippen molar-refractivity contribution in [3.05, 3.63) is 82.0 Å². The molecule has 1 amide bonds. The first-order valence-corrected chi connectivity index (χ1v) is 8.91. The number of non-ortho nitro benzene ring substituents is 1. The lowest BCUT2D eigenvalue weighted by molar-refractivity contribution is -0.384. The second kappa shape index (κ2) is 8.92. The predicted molar refractivity (Wildman–Crippen MR) is 106 cm³/mol. The number of benzene rings is 2. The van der Waals surface area contributed by atoms with Crippen LogP contribution in [0.2, 0.25) is 0 Å². The number of carbonyl (C=O) groups excluding carboxylic acids is 2. The lowest BCUT2D eigenvalue weighted by Gasteiger charge is -2.16. The van der Waals surface area contributed by atoms with Crippen molar-refractivity contribution in [1.29, 1.82) is 0 Å². The standard InChI is InChI=1S/C21H19N3O5/c1-29-21(26)19(13-16-10-9-15-6-2-3-8-18(15)22-16)23-20(25)12-14-5-4-7-17(11-14)24(27)28/h2-11,19H,12-13H2,1H3,(H,23,25)/t19-/m1/s1. The van der Waals surface area contributed by atoms with E-state index in [1.165, 1.54) is 25.3 Å². The number of amides is 1. The number of nitrogens with one attached hydrogen (secondary N) is 1. The molecule has 1 N–H and O–H groups in total. The predicted octanol–water partition coefficient (Wildman–Crippen LogP) is 2.59. The van der Waals surface area contributed by atoms with E-state index in [0.717, 1.165) is 10.9 Å². The Labute approximate surface area is 166 Å². The smallest absolute Gasteiger partial charge is 0.328 e. The highest BCUT2D eigenvalue weighted by molar-refractivity contribution is 5.86. The molecule has 0 spiro atoms. The Morgan fingerprint density at radius 3 is 2.69 bits per heavy atom. The molecule has 0 aliphatic heterocycles. The number of nitrogens with zero attached hydrogens (tertiary/aromatic N) is 2. The molecular weight excluding hydrogens is 374 g/mol. The van der Waals surface area contributed by atoms with Gasteiger partial charge in [-0.3, -0.25) is 19.9 Å². The third-order valence-corrected chi connectivity index (χ3v) is 4.38. The molecule has 0 unspecified atom stereocenters. The van der Waals surface area contributed by atoms with Crippen LogP contribution in [0.15, 0.2) is 60.7 Å². The molecule has 29 heavy (non-hydrogen) atoms. The monoisotopic (exact) mass is 393 g/mol. The third kappa shape index (κ3) is 5.13. The second-order valence-corrected chi connectivity index (χ2v) is 6.45. The van der Waals surface area contributed by atoms with Crippen molar-refractivity contribution in [2.75, 3.05) is 7.11 Å². The van der Waals surface area contributed by atoms with E-state index < -0.39 is 22.8 Å². The Balaban J connectivity index is 1.72. The third-order valence-electron chi connectivity index (χ3n) is 4.38. The van der Waals surface area contributed by atoms with Gasteiger partial charge >= 0.3 is 5.97 Å². The summed E-state index contributed by atoms with van der Waals surface area (Å²) in [4.78, 5) is 39.4. The summed E-state index contributed by atoms with van der Waals surface area (Å²) in [5.74, 6) is -1.03. The summed E-state index contributed by atoms with van der Waals surface area (Å²) in [6.07, 6.45) is 0.0680. The molecule has 0 aliphatic carbocycles. The number of ether oxygens (including phenoxy) is 1. The number of para-hydroxylation sites is 1. The van der Waals surface area contributed by atoms with Gasteiger partial charge in [0.2, 0.25) is 5.91 Å². The number of nitro benzene ring substituents is 1. The van der Waals surface area contributed by atoms with Gasteiger partial charge in [0.1, 0.15) is 6.04 Å². The van der Waals surface area contributed by atoms with Crippen molar-refractivity contribution in [2.24, 2.45) is 0 Å². The number of carbonyl (C=O) groups is 2. The van der Waals surface area contributed by atoms with Gasteiger partial charge in [-0.05, 0) is 17.7 Å². The van der Waals surface area contributed by atoms with Crippen molar-refractivity contribution in [2.45, 2.75) is 18.9 Å². The first kappa shape index (κ1) is 19.9. The molecule has 0 saturated carbocycles. The number of methoxy groups -OCH3 is 1. The van der Waals surface area contributed by atoms with Gasteiger partial charge in [-0.2, -0.15) is 0 Å². The summed E-state index contributed by atoms with van der Waals surface area (Å²) in [6.45, 7) is 0. The van der Waals surface area contributed by atoms with Gasteiger partial charge in [0.15, 0.2) is 0 Å². The summed E-state index contributed by atoms with van der Waals surface area (Å²) in [5, 5.41) is 14.5. The van der Waals surface area contributed by atoms with Gasteiger partial charge in [-0.1, -0.05) is 36.4 Å². The summed E-state index contributed by atoms with van der Waals surface area (Å²) in [6, 6.07) is 16.2. The van der Waals surface area contributed by atoms with E-state index in [9.17, 15) is 19.7 Å². The Morgan fingerprint density at radius 2 is 1.93 bits per heavy atom. The molecule has 0 bridgehead atoms. The molecule has 0 saturated heterocycles. The average Bonchev–Trinajstić information content (AvgIpc) is 2.72. The van der Waals surface area contributed by atoms with Crippen LogP contribution in [0.25, 0.3) is 10.9 Å². The number of hydrogen-bond donors (Lipinski definition) is 1. The van der Waals surface area contributed by atoms with Crippen molar-refractivity contribution in [1.82, 2.24) is 10.3 Å². The van der Waals surface area contributed by atoms with Crippen LogP contribution in [0.1, 0.15) is 11.3 Å². The molecule has 0 radical (unpaired) electrons. The zero-order valence-corrected chi connectivity index (χ0v) is 15.7.